The van der Waals surface area contributed by atoms with Crippen LogP contribution in [0.25, 0.3) is 0 Å². The summed E-state index contributed by atoms with van der Waals surface area (Å²) < 4.78 is 5.81. The van der Waals surface area contributed by atoms with Crippen LogP contribution in [0.15, 0.2) is 78.9 Å². The van der Waals surface area contributed by atoms with Crippen LogP contribution in [0.2, 0.25) is 0 Å². The van der Waals surface area contributed by atoms with E-state index in [0.717, 1.165) is 5.69 Å². The number of anilines is 2. The van der Waals surface area contributed by atoms with E-state index in [1.54, 1.807) is 36.1 Å². The zero-order valence-electron chi connectivity index (χ0n) is 19.0. The van der Waals surface area contributed by atoms with Gasteiger partial charge in [0.05, 0.1) is 11.3 Å². The van der Waals surface area contributed by atoms with Gasteiger partial charge in [-0.3, -0.25) is 9.59 Å². The van der Waals surface area contributed by atoms with Crippen molar-refractivity contribution >= 4 is 23.2 Å². The number of para-hydroxylation sites is 2. The van der Waals surface area contributed by atoms with Crippen LogP contribution in [-0.2, 0) is 4.79 Å². The molecule has 0 spiro atoms. The van der Waals surface area contributed by atoms with Crippen molar-refractivity contribution in [1.82, 2.24) is 0 Å². The summed E-state index contributed by atoms with van der Waals surface area (Å²) in [5.74, 6) is 0.563. The average molecular weight is 431 g/mol. The minimum absolute atomic E-state index is 0.174. The van der Waals surface area contributed by atoms with Gasteiger partial charge in [-0.25, -0.2) is 0 Å². The summed E-state index contributed by atoms with van der Waals surface area (Å²) in [6, 6.07) is 24.3. The van der Waals surface area contributed by atoms with Gasteiger partial charge in [-0.15, -0.1) is 0 Å². The van der Waals surface area contributed by atoms with E-state index in [1.165, 1.54) is 5.56 Å². The van der Waals surface area contributed by atoms with Crippen molar-refractivity contribution in [2.75, 3.05) is 16.8 Å². The zero-order chi connectivity index (χ0) is 23.1. The number of carbonyl (C=O) groups excluding carboxylic acids is 2. The molecule has 32 heavy (non-hydrogen) atoms. The second-order valence-corrected chi connectivity index (χ2v) is 7.90. The summed E-state index contributed by atoms with van der Waals surface area (Å²) in [6.07, 6.45) is -0.723. The van der Waals surface area contributed by atoms with E-state index in [0.29, 0.717) is 29.5 Å². The van der Waals surface area contributed by atoms with Gasteiger partial charge in [0, 0.05) is 12.2 Å². The quantitative estimate of drug-likeness (QED) is 0.485. The standard InChI is InChI=1S/C27H30N2O3/c1-5-29(22-11-7-6-8-12-22)27(31)24-13-9-10-14-25(24)28-26(30)20(4)32-23-17-15-21(16-18-23)19(2)3/h6-20H,5H2,1-4H3,(H,28,30). The molecule has 166 valence electrons. The molecule has 0 fully saturated rings. The van der Waals surface area contributed by atoms with Crippen molar-refractivity contribution in [3.63, 3.8) is 0 Å². The molecular formula is C27H30N2O3. The van der Waals surface area contributed by atoms with Gasteiger partial charge in [-0.05, 0) is 61.7 Å². The summed E-state index contributed by atoms with van der Waals surface area (Å²) >= 11 is 0. The molecule has 2 amide bonds. The number of ether oxygens (including phenoxy) is 1. The normalized spacial score (nSPS) is 11.7. The van der Waals surface area contributed by atoms with Gasteiger partial charge in [-0.1, -0.05) is 56.3 Å². The number of rotatable bonds is 8. The third kappa shape index (κ3) is 5.55. The SMILES string of the molecule is CCN(C(=O)c1ccccc1NC(=O)C(C)Oc1ccc(C(C)C)cc1)c1ccccc1. The first-order chi connectivity index (χ1) is 15.4. The van der Waals surface area contributed by atoms with E-state index >= 15 is 0 Å². The van der Waals surface area contributed by atoms with E-state index in [9.17, 15) is 9.59 Å². The first-order valence-corrected chi connectivity index (χ1v) is 10.9. The Hall–Kier alpha value is -3.60. The molecule has 5 heteroatoms. The molecule has 0 aliphatic carbocycles. The van der Waals surface area contributed by atoms with E-state index < -0.39 is 6.10 Å². The number of nitrogens with zero attached hydrogens (tertiary/aromatic N) is 1. The number of hydrogen-bond donors (Lipinski definition) is 1. The predicted molar refractivity (Wildman–Crippen MR) is 129 cm³/mol. The van der Waals surface area contributed by atoms with Crippen molar-refractivity contribution in [1.29, 1.82) is 0 Å². The molecule has 0 saturated carbocycles. The van der Waals surface area contributed by atoms with Crippen LogP contribution in [0, 0.1) is 0 Å². The minimum atomic E-state index is -0.723. The van der Waals surface area contributed by atoms with Crippen molar-refractivity contribution in [3.8, 4) is 5.75 Å². The third-order valence-electron chi connectivity index (χ3n) is 5.27. The molecule has 0 aliphatic heterocycles. The Morgan fingerprint density at radius 2 is 1.50 bits per heavy atom. The fraction of sp³-hybridized carbons (Fsp3) is 0.259. The van der Waals surface area contributed by atoms with Crippen LogP contribution in [0.1, 0.15) is 49.5 Å². The van der Waals surface area contributed by atoms with E-state index in [4.69, 9.17) is 4.74 Å². The summed E-state index contributed by atoms with van der Waals surface area (Å²) in [6.45, 7) is 8.38. The predicted octanol–water partition coefficient (Wildman–Crippen LogP) is 5.88. The second kappa shape index (κ2) is 10.6. The fourth-order valence-electron chi connectivity index (χ4n) is 3.40. The Labute approximate surface area is 190 Å². The maximum absolute atomic E-state index is 13.3. The third-order valence-corrected chi connectivity index (χ3v) is 5.27. The lowest BCUT2D eigenvalue weighted by Gasteiger charge is -2.23. The van der Waals surface area contributed by atoms with Gasteiger partial charge >= 0.3 is 0 Å². The van der Waals surface area contributed by atoms with Gasteiger partial charge in [0.1, 0.15) is 5.75 Å². The maximum Gasteiger partial charge on any atom is 0.265 e. The van der Waals surface area contributed by atoms with Crippen LogP contribution in [0.5, 0.6) is 5.75 Å². The lowest BCUT2D eigenvalue weighted by molar-refractivity contribution is -0.122. The lowest BCUT2D eigenvalue weighted by atomic mass is 10.0. The van der Waals surface area contributed by atoms with Crippen LogP contribution in [-0.4, -0.2) is 24.5 Å². The number of nitrogens with one attached hydrogen (secondary N) is 1. The highest BCUT2D eigenvalue weighted by Gasteiger charge is 2.22. The fourth-order valence-corrected chi connectivity index (χ4v) is 3.40. The van der Waals surface area contributed by atoms with Crippen molar-refractivity contribution in [2.45, 2.75) is 39.7 Å². The van der Waals surface area contributed by atoms with E-state index in [2.05, 4.69) is 19.2 Å². The molecule has 0 aromatic heterocycles. The largest absolute Gasteiger partial charge is 0.481 e. The van der Waals surface area contributed by atoms with Crippen molar-refractivity contribution in [2.24, 2.45) is 0 Å². The van der Waals surface area contributed by atoms with Crippen LogP contribution < -0.4 is 15.0 Å². The van der Waals surface area contributed by atoms with Crippen LogP contribution in [0.4, 0.5) is 11.4 Å². The van der Waals surface area contributed by atoms with Crippen molar-refractivity contribution < 1.29 is 14.3 Å². The molecule has 0 saturated heterocycles. The molecule has 3 aromatic rings. The molecule has 5 nitrogen and oxygen atoms in total. The Morgan fingerprint density at radius 1 is 0.875 bits per heavy atom. The lowest BCUT2D eigenvalue weighted by Crippen LogP contribution is -2.33. The highest BCUT2D eigenvalue weighted by atomic mass is 16.5. The van der Waals surface area contributed by atoms with E-state index in [-0.39, 0.29) is 11.8 Å². The molecular weight excluding hydrogens is 400 g/mol. The Bertz CT molecular complexity index is 1050. The van der Waals surface area contributed by atoms with Crippen LogP contribution >= 0.6 is 0 Å². The monoisotopic (exact) mass is 430 g/mol. The number of carbonyl (C=O) groups is 2. The van der Waals surface area contributed by atoms with Crippen molar-refractivity contribution in [3.05, 3.63) is 90.0 Å². The van der Waals surface area contributed by atoms with Gasteiger partial charge in [0.25, 0.3) is 11.8 Å². The summed E-state index contributed by atoms with van der Waals surface area (Å²) in [7, 11) is 0. The van der Waals surface area contributed by atoms with Gasteiger partial charge in [0.2, 0.25) is 0 Å². The van der Waals surface area contributed by atoms with E-state index in [1.807, 2.05) is 61.5 Å². The Morgan fingerprint density at radius 3 is 2.12 bits per heavy atom. The minimum Gasteiger partial charge on any atom is -0.481 e. The molecule has 0 aliphatic rings. The van der Waals surface area contributed by atoms with Crippen LogP contribution in [0.3, 0.4) is 0 Å². The molecule has 1 N–H and O–H groups in total. The smallest absolute Gasteiger partial charge is 0.265 e. The molecule has 1 atom stereocenters. The summed E-state index contributed by atoms with van der Waals surface area (Å²) in [5, 5.41) is 2.86. The molecule has 0 heterocycles. The summed E-state index contributed by atoms with van der Waals surface area (Å²) in [5.41, 5.74) is 2.91. The molecule has 0 radical (unpaired) electrons. The maximum atomic E-state index is 13.3. The molecule has 1 unspecified atom stereocenters. The molecule has 3 aromatic carbocycles. The highest BCUT2D eigenvalue weighted by molar-refractivity contribution is 6.11. The van der Waals surface area contributed by atoms with Gasteiger partial charge in [-0.2, -0.15) is 0 Å². The zero-order valence-corrected chi connectivity index (χ0v) is 19.0. The number of benzene rings is 3. The number of hydrogen-bond acceptors (Lipinski definition) is 3. The first kappa shape index (κ1) is 23.1. The Balaban J connectivity index is 1.73. The second-order valence-electron chi connectivity index (χ2n) is 7.90. The Kier molecular flexibility index (Phi) is 7.66. The molecule has 0 bridgehead atoms. The topological polar surface area (TPSA) is 58.6 Å². The molecule has 3 rings (SSSR count). The summed E-state index contributed by atoms with van der Waals surface area (Å²) in [4.78, 5) is 27.8. The first-order valence-electron chi connectivity index (χ1n) is 10.9. The average Bonchev–Trinajstić information content (AvgIpc) is 2.81. The van der Waals surface area contributed by atoms with Gasteiger partial charge < -0.3 is 15.0 Å². The highest BCUT2D eigenvalue weighted by Crippen LogP contribution is 2.23. The number of amides is 2. The van der Waals surface area contributed by atoms with Gasteiger partial charge in [0.15, 0.2) is 6.10 Å².